The lowest BCUT2D eigenvalue weighted by molar-refractivity contribution is -0.139. The Balaban J connectivity index is 1.19. The van der Waals surface area contributed by atoms with Gasteiger partial charge in [0.1, 0.15) is 23.9 Å². The second-order valence-corrected chi connectivity index (χ2v) is 10.2. The Hall–Kier alpha value is -3.76. The number of aromatic nitrogens is 4. The first-order valence-corrected chi connectivity index (χ1v) is 13.2. The topological polar surface area (TPSA) is 109 Å². The third-order valence-corrected chi connectivity index (χ3v) is 7.48. The van der Waals surface area contributed by atoms with Crippen LogP contribution in [0.5, 0.6) is 5.88 Å². The summed E-state index contributed by atoms with van der Waals surface area (Å²) in [5, 5.41) is 9.80. The van der Waals surface area contributed by atoms with Gasteiger partial charge in [-0.05, 0) is 45.0 Å². The first-order chi connectivity index (χ1) is 19.2. The minimum absolute atomic E-state index is 0.0451. The van der Waals surface area contributed by atoms with E-state index in [0.29, 0.717) is 30.7 Å². The number of carbonyl (C=O) groups excluding carboxylic acids is 1. The van der Waals surface area contributed by atoms with Gasteiger partial charge in [-0.2, -0.15) is 18.4 Å². The number of ether oxygens (including phenoxy) is 2. The summed E-state index contributed by atoms with van der Waals surface area (Å²) in [6.07, 6.45) is 0.946. The van der Waals surface area contributed by atoms with Crippen LogP contribution in [0.3, 0.4) is 0 Å². The number of halogens is 3. The Labute approximate surface area is 229 Å². The average Bonchev–Trinajstić information content (AvgIpc) is 3.67. The van der Waals surface area contributed by atoms with Gasteiger partial charge >= 0.3 is 6.18 Å². The van der Waals surface area contributed by atoms with Gasteiger partial charge in [-0.1, -0.05) is 0 Å². The minimum atomic E-state index is -4.73. The molecule has 40 heavy (non-hydrogen) atoms. The molecule has 0 bridgehead atoms. The highest BCUT2D eigenvalue weighted by molar-refractivity contribution is 5.91. The maximum Gasteiger partial charge on any atom is 0.421 e. The van der Waals surface area contributed by atoms with Crippen LogP contribution in [0, 0.1) is 17.2 Å². The van der Waals surface area contributed by atoms with E-state index in [4.69, 9.17) is 9.47 Å². The molecule has 2 saturated heterocycles. The Morgan fingerprint density at radius 1 is 1.20 bits per heavy atom. The van der Waals surface area contributed by atoms with Crippen LogP contribution in [0.4, 0.5) is 13.2 Å². The molecule has 1 unspecified atom stereocenters. The summed E-state index contributed by atoms with van der Waals surface area (Å²) >= 11 is 0. The van der Waals surface area contributed by atoms with E-state index in [1.54, 1.807) is 23.9 Å². The number of aryl methyl sites for hydroxylation is 1. The van der Waals surface area contributed by atoms with Crippen molar-refractivity contribution < 1.29 is 27.4 Å². The normalized spacial score (nSPS) is 19.9. The van der Waals surface area contributed by atoms with E-state index in [9.17, 15) is 23.2 Å². The Bertz CT molecular complexity index is 1440. The van der Waals surface area contributed by atoms with E-state index in [-0.39, 0.29) is 48.2 Å². The van der Waals surface area contributed by atoms with Crippen LogP contribution in [-0.4, -0.2) is 87.8 Å². The molecule has 2 fully saturated rings. The predicted octanol–water partition coefficient (Wildman–Crippen LogP) is 3.26. The number of hydrogen-bond donors (Lipinski definition) is 0. The molecule has 0 spiro atoms. The average molecular weight is 558 g/mol. The van der Waals surface area contributed by atoms with Crippen molar-refractivity contribution in [2.75, 3.05) is 46.5 Å². The van der Waals surface area contributed by atoms with Crippen molar-refractivity contribution in [2.45, 2.75) is 31.5 Å². The number of nitrogens with zero attached hydrogens (tertiary/aromatic N) is 7. The SMILES string of the molecule is CN1CCC[C@H]1C(=O)N1CCC(COCCOc2ncc(-c3nc(C#N)nc4c3ccn4C)cc2C(F)(F)F)C1. The van der Waals surface area contributed by atoms with Gasteiger partial charge in [0.2, 0.25) is 17.6 Å². The molecule has 2 aliphatic rings. The summed E-state index contributed by atoms with van der Waals surface area (Å²) in [5.41, 5.74) is -0.352. The van der Waals surface area contributed by atoms with Crippen LogP contribution in [0.2, 0.25) is 0 Å². The van der Waals surface area contributed by atoms with Crippen LogP contribution in [0.15, 0.2) is 24.5 Å². The molecule has 2 atom stereocenters. The van der Waals surface area contributed by atoms with E-state index in [2.05, 4.69) is 19.9 Å². The second kappa shape index (κ2) is 11.4. The largest absolute Gasteiger partial charge is 0.475 e. The Morgan fingerprint density at radius 3 is 2.75 bits per heavy atom. The summed E-state index contributed by atoms with van der Waals surface area (Å²) in [4.78, 5) is 29.0. The Morgan fingerprint density at radius 2 is 2.02 bits per heavy atom. The molecule has 3 aromatic heterocycles. The minimum Gasteiger partial charge on any atom is -0.475 e. The number of alkyl halides is 3. The molecular formula is C27H30F3N7O3. The zero-order chi connectivity index (χ0) is 28.4. The number of hydrogen-bond acceptors (Lipinski definition) is 8. The molecule has 1 amide bonds. The molecule has 212 valence electrons. The molecule has 2 aliphatic heterocycles. The molecule has 0 aliphatic carbocycles. The van der Waals surface area contributed by atoms with Gasteiger partial charge in [0.15, 0.2) is 0 Å². The zero-order valence-electron chi connectivity index (χ0n) is 22.3. The number of rotatable bonds is 8. The predicted molar refractivity (Wildman–Crippen MR) is 138 cm³/mol. The summed E-state index contributed by atoms with van der Waals surface area (Å²) < 4.78 is 54.6. The summed E-state index contributed by atoms with van der Waals surface area (Å²) in [5.74, 6) is -0.369. The summed E-state index contributed by atoms with van der Waals surface area (Å²) in [7, 11) is 3.69. The number of likely N-dealkylation sites (N-methyl/N-ethyl adjacent to an activating group) is 1. The number of amides is 1. The number of fused-ring (bicyclic) bond motifs is 1. The fraction of sp³-hybridized carbons (Fsp3) is 0.519. The first-order valence-electron chi connectivity index (χ1n) is 13.2. The molecule has 0 N–H and O–H groups in total. The number of likely N-dealkylation sites (tertiary alicyclic amines) is 2. The Kier molecular flexibility index (Phi) is 7.91. The van der Waals surface area contributed by atoms with Crippen molar-refractivity contribution in [3.63, 3.8) is 0 Å². The lowest BCUT2D eigenvalue weighted by atomic mass is 10.1. The standard InChI is InChI=1S/C27H30F3N7O3/c1-35-7-3-4-21(35)26(38)37-9-5-17(15-37)16-39-10-11-40-25-20(27(28,29)30)12-18(14-32-25)23-19-6-8-36(2)24(19)34-22(13-31)33-23/h6,8,12,14,17,21H,3-5,7,9-11,15-16H2,1-2H3/t17?,21-/m0/s1. The highest BCUT2D eigenvalue weighted by Crippen LogP contribution is 2.38. The molecule has 13 heteroatoms. The van der Waals surface area contributed by atoms with Crippen molar-refractivity contribution >= 4 is 16.9 Å². The van der Waals surface area contributed by atoms with Crippen LogP contribution in [0.1, 0.15) is 30.7 Å². The molecule has 5 rings (SSSR count). The number of pyridine rings is 1. The fourth-order valence-corrected chi connectivity index (χ4v) is 5.36. The van der Waals surface area contributed by atoms with Gasteiger partial charge in [0.25, 0.3) is 0 Å². The number of carbonyl (C=O) groups is 1. The summed E-state index contributed by atoms with van der Waals surface area (Å²) in [6, 6.07) is 4.40. The molecule has 0 saturated carbocycles. The van der Waals surface area contributed by atoms with Crippen molar-refractivity contribution in [1.82, 2.24) is 29.3 Å². The molecule has 0 radical (unpaired) electrons. The van der Waals surface area contributed by atoms with E-state index < -0.39 is 17.6 Å². The molecular weight excluding hydrogens is 527 g/mol. The van der Waals surface area contributed by atoms with Crippen LogP contribution in [-0.2, 0) is 22.8 Å². The quantitative estimate of drug-likeness (QED) is 0.389. The third-order valence-electron chi connectivity index (χ3n) is 7.48. The van der Waals surface area contributed by atoms with Gasteiger partial charge in [0, 0.05) is 49.4 Å². The van der Waals surface area contributed by atoms with Crippen LogP contribution >= 0.6 is 0 Å². The smallest absolute Gasteiger partial charge is 0.421 e. The van der Waals surface area contributed by atoms with E-state index >= 15 is 0 Å². The molecule has 5 heterocycles. The zero-order valence-corrected chi connectivity index (χ0v) is 22.3. The van der Waals surface area contributed by atoms with Crippen LogP contribution in [0.25, 0.3) is 22.3 Å². The highest BCUT2D eigenvalue weighted by atomic mass is 19.4. The van der Waals surface area contributed by atoms with Gasteiger partial charge in [0.05, 0.1) is 24.9 Å². The fourth-order valence-electron chi connectivity index (χ4n) is 5.36. The third kappa shape index (κ3) is 5.73. The lowest BCUT2D eigenvalue weighted by Crippen LogP contribution is -2.43. The van der Waals surface area contributed by atoms with Crippen molar-refractivity contribution in [2.24, 2.45) is 13.0 Å². The first kappa shape index (κ1) is 27.8. The van der Waals surface area contributed by atoms with Gasteiger partial charge in [-0.25, -0.2) is 15.0 Å². The van der Waals surface area contributed by atoms with Gasteiger partial charge in [-0.3, -0.25) is 9.69 Å². The van der Waals surface area contributed by atoms with E-state index in [0.717, 1.165) is 31.9 Å². The molecule has 0 aromatic carbocycles. The monoisotopic (exact) mass is 557 g/mol. The van der Waals surface area contributed by atoms with Crippen molar-refractivity contribution in [3.05, 3.63) is 35.9 Å². The maximum atomic E-state index is 13.9. The lowest BCUT2D eigenvalue weighted by Gasteiger charge is -2.25. The van der Waals surface area contributed by atoms with Gasteiger partial charge < -0.3 is 18.9 Å². The second-order valence-electron chi connectivity index (χ2n) is 10.2. The summed E-state index contributed by atoms with van der Waals surface area (Å²) in [6.45, 7) is 2.61. The maximum absolute atomic E-state index is 13.9. The van der Waals surface area contributed by atoms with E-state index in [1.165, 1.54) is 6.20 Å². The number of nitriles is 1. The molecule has 3 aromatic rings. The highest BCUT2D eigenvalue weighted by Gasteiger charge is 2.37. The van der Waals surface area contributed by atoms with Crippen LogP contribution < -0.4 is 4.74 Å². The van der Waals surface area contributed by atoms with E-state index in [1.807, 2.05) is 18.0 Å². The van der Waals surface area contributed by atoms with Gasteiger partial charge in [-0.15, -0.1) is 0 Å². The van der Waals surface area contributed by atoms with Crippen molar-refractivity contribution in [3.8, 4) is 23.2 Å². The molecule has 10 nitrogen and oxygen atoms in total. The van der Waals surface area contributed by atoms with Crippen molar-refractivity contribution in [1.29, 1.82) is 5.26 Å².